The van der Waals surface area contributed by atoms with E-state index >= 15 is 0 Å². The van der Waals surface area contributed by atoms with Crippen molar-refractivity contribution in [2.24, 2.45) is 0 Å². The molecule has 0 saturated carbocycles. The molecule has 5 heterocycles. The molecule has 1 amide bonds. The van der Waals surface area contributed by atoms with E-state index in [1.165, 1.54) is 18.1 Å². The Bertz CT molecular complexity index is 1450. The summed E-state index contributed by atoms with van der Waals surface area (Å²) in [6.07, 6.45) is 5.74. The van der Waals surface area contributed by atoms with Gasteiger partial charge in [0.25, 0.3) is 0 Å². The number of H-pyrrole nitrogens is 1. The highest BCUT2D eigenvalue weighted by Gasteiger charge is 2.34. The van der Waals surface area contributed by atoms with E-state index in [9.17, 15) is 10.1 Å². The van der Waals surface area contributed by atoms with Gasteiger partial charge in [-0.3, -0.25) is 14.8 Å². The summed E-state index contributed by atoms with van der Waals surface area (Å²) in [5, 5.41) is 17.9. The van der Waals surface area contributed by atoms with E-state index < -0.39 is 0 Å². The first-order valence-electron chi connectivity index (χ1n) is 13.9. The van der Waals surface area contributed by atoms with Crippen LogP contribution in [0, 0.1) is 11.3 Å². The van der Waals surface area contributed by atoms with Crippen molar-refractivity contribution in [3.63, 3.8) is 0 Å². The fourth-order valence-corrected chi connectivity index (χ4v) is 6.22. The van der Waals surface area contributed by atoms with Crippen LogP contribution < -0.4 is 9.64 Å². The van der Waals surface area contributed by atoms with Gasteiger partial charge in [0.1, 0.15) is 12.4 Å². The minimum absolute atomic E-state index is 0.142. The Morgan fingerprint density at radius 2 is 2.15 bits per heavy atom. The van der Waals surface area contributed by atoms with E-state index in [1.54, 1.807) is 4.90 Å². The zero-order valence-electron chi connectivity index (χ0n) is 22.9. The van der Waals surface area contributed by atoms with E-state index in [1.807, 2.05) is 12.3 Å². The summed E-state index contributed by atoms with van der Waals surface area (Å²) in [7, 11) is 2.13. The zero-order valence-corrected chi connectivity index (χ0v) is 22.9. The molecule has 0 bridgehead atoms. The molecule has 11 heteroatoms. The SMILES string of the molecule is C=CC(=O)N1CCN(c2nc(OC[C@@H]3CCCN3C)nc3c2CN(Cc2cccc4[nH]ncc24)C3)C[C@@H]1CC#N. The Kier molecular flexibility index (Phi) is 7.36. The third-order valence-corrected chi connectivity index (χ3v) is 8.42. The van der Waals surface area contributed by atoms with Crippen molar-refractivity contribution in [2.75, 3.05) is 44.7 Å². The second kappa shape index (κ2) is 11.2. The van der Waals surface area contributed by atoms with Gasteiger partial charge in [-0.25, -0.2) is 0 Å². The van der Waals surface area contributed by atoms with Crippen LogP contribution in [0.15, 0.2) is 37.1 Å². The normalized spacial score (nSPS) is 21.5. The number of nitrogens with one attached hydrogen (secondary N) is 1. The van der Waals surface area contributed by atoms with Crippen LogP contribution in [0.1, 0.15) is 36.1 Å². The minimum Gasteiger partial charge on any atom is -0.462 e. The van der Waals surface area contributed by atoms with E-state index in [0.717, 1.165) is 47.5 Å². The maximum absolute atomic E-state index is 12.5. The summed E-state index contributed by atoms with van der Waals surface area (Å²) >= 11 is 0. The number of likely N-dealkylation sites (tertiary alicyclic amines) is 1. The Morgan fingerprint density at radius 3 is 2.95 bits per heavy atom. The quantitative estimate of drug-likeness (QED) is 0.429. The number of hydrogen-bond donors (Lipinski definition) is 1. The molecule has 11 nitrogen and oxygen atoms in total. The third kappa shape index (κ3) is 5.12. The molecular weight excluding hydrogens is 506 g/mol. The molecule has 6 rings (SSSR count). The van der Waals surface area contributed by atoms with Gasteiger partial charge >= 0.3 is 6.01 Å². The van der Waals surface area contributed by atoms with Crippen molar-refractivity contribution in [3.8, 4) is 12.1 Å². The average molecular weight is 542 g/mol. The van der Waals surface area contributed by atoms with Gasteiger partial charge in [-0.1, -0.05) is 18.7 Å². The summed E-state index contributed by atoms with van der Waals surface area (Å²) in [5.41, 5.74) is 4.29. The zero-order chi connectivity index (χ0) is 27.6. The van der Waals surface area contributed by atoms with Gasteiger partial charge in [0, 0.05) is 56.3 Å². The molecule has 2 fully saturated rings. The summed E-state index contributed by atoms with van der Waals surface area (Å²) < 4.78 is 6.22. The average Bonchev–Trinajstić information content (AvgIpc) is 3.71. The predicted molar refractivity (Wildman–Crippen MR) is 150 cm³/mol. The molecule has 2 saturated heterocycles. The number of nitrogens with zero attached hydrogens (tertiary/aromatic N) is 8. The minimum atomic E-state index is -0.234. The van der Waals surface area contributed by atoms with Crippen LogP contribution in [0.3, 0.4) is 0 Å². The van der Waals surface area contributed by atoms with Crippen LogP contribution >= 0.6 is 0 Å². The first-order valence-corrected chi connectivity index (χ1v) is 13.9. The number of carbonyl (C=O) groups is 1. The Morgan fingerprint density at radius 1 is 1.25 bits per heavy atom. The molecule has 1 N–H and O–H groups in total. The molecule has 3 aliphatic heterocycles. The number of benzene rings is 1. The van der Waals surface area contributed by atoms with E-state index in [4.69, 9.17) is 14.7 Å². The molecule has 0 spiro atoms. The summed E-state index contributed by atoms with van der Waals surface area (Å²) in [4.78, 5) is 31.0. The van der Waals surface area contributed by atoms with Crippen molar-refractivity contribution < 1.29 is 9.53 Å². The van der Waals surface area contributed by atoms with Crippen molar-refractivity contribution >= 4 is 22.6 Å². The van der Waals surface area contributed by atoms with Gasteiger partial charge in [0.15, 0.2) is 0 Å². The molecule has 40 heavy (non-hydrogen) atoms. The van der Waals surface area contributed by atoms with Gasteiger partial charge in [0.2, 0.25) is 5.91 Å². The highest BCUT2D eigenvalue weighted by atomic mass is 16.5. The number of carbonyl (C=O) groups excluding carboxylic acids is 1. The number of aromatic amines is 1. The monoisotopic (exact) mass is 541 g/mol. The van der Waals surface area contributed by atoms with Gasteiger partial charge in [-0.2, -0.15) is 20.3 Å². The second-order valence-electron chi connectivity index (χ2n) is 10.9. The lowest BCUT2D eigenvalue weighted by atomic mass is 10.1. The van der Waals surface area contributed by atoms with Gasteiger partial charge in [-0.05, 0) is 44.1 Å². The number of ether oxygens (including phenoxy) is 1. The van der Waals surface area contributed by atoms with E-state index in [0.29, 0.717) is 51.4 Å². The maximum atomic E-state index is 12.5. The number of anilines is 1. The highest BCUT2D eigenvalue weighted by Crippen LogP contribution is 2.34. The van der Waals surface area contributed by atoms with Gasteiger partial charge in [-0.15, -0.1) is 0 Å². The topological polar surface area (TPSA) is 118 Å². The number of likely N-dealkylation sites (N-methyl/N-ethyl adjacent to an activating group) is 1. The standard InChI is InChI=1S/C29H35N9O2/c1-3-27(39)38-13-12-37(16-21(38)9-10-30)28-24-17-36(15-20-6-4-8-25-23(20)14-31-34-25)18-26(24)32-29(33-28)40-19-22-7-5-11-35(22)2/h3-4,6,8,14,21-22H,1,5,7,9,11-13,15-19H2,2H3,(H,31,34)/t21-,22-/m0/s1. The number of fused-ring (bicyclic) bond motifs is 2. The second-order valence-corrected chi connectivity index (χ2v) is 10.9. The molecule has 0 unspecified atom stereocenters. The number of nitriles is 1. The summed E-state index contributed by atoms with van der Waals surface area (Å²) in [5.74, 6) is 0.703. The number of piperazine rings is 1. The lowest BCUT2D eigenvalue weighted by molar-refractivity contribution is -0.128. The highest BCUT2D eigenvalue weighted by molar-refractivity contribution is 5.87. The molecule has 0 radical (unpaired) electrons. The number of amides is 1. The van der Waals surface area contributed by atoms with Crippen LogP contribution in [0.25, 0.3) is 10.9 Å². The molecule has 3 aliphatic rings. The fraction of sp³-hybridized carbons (Fsp3) is 0.483. The van der Waals surface area contributed by atoms with Gasteiger partial charge < -0.3 is 19.4 Å². The number of hydrogen-bond acceptors (Lipinski definition) is 9. The molecule has 2 aromatic heterocycles. The summed E-state index contributed by atoms with van der Waals surface area (Å²) in [6.45, 7) is 9.08. The van der Waals surface area contributed by atoms with E-state index in [2.05, 4.69) is 56.7 Å². The van der Waals surface area contributed by atoms with Crippen LogP contribution in [0.4, 0.5) is 5.82 Å². The van der Waals surface area contributed by atoms with Crippen molar-refractivity contribution in [3.05, 3.63) is 53.9 Å². The van der Waals surface area contributed by atoms with Gasteiger partial charge in [0.05, 0.1) is 35.9 Å². The third-order valence-electron chi connectivity index (χ3n) is 8.42. The van der Waals surface area contributed by atoms with Crippen LogP contribution in [0.2, 0.25) is 0 Å². The Labute approximate surface area is 234 Å². The Hall–Kier alpha value is -4.01. The largest absolute Gasteiger partial charge is 0.462 e. The number of rotatable bonds is 8. The van der Waals surface area contributed by atoms with Crippen molar-refractivity contribution in [1.82, 2.24) is 34.9 Å². The molecular formula is C29H35N9O2. The first-order chi connectivity index (χ1) is 19.5. The lowest BCUT2D eigenvalue weighted by Gasteiger charge is -2.41. The lowest BCUT2D eigenvalue weighted by Crippen LogP contribution is -2.55. The summed E-state index contributed by atoms with van der Waals surface area (Å²) in [6, 6.07) is 9.01. The van der Waals surface area contributed by atoms with Crippen LogP contribution in [-0.4, -0.2) is 92.7 Å². The first kappa shape index (κ1) is 26.2. The molecule has 0 aliphatic carbocycles. The number of aromatic nitrogens is 4. The fourth-order valence-electron chi connectivity index (χ4n) is 6.22. The van der Waals surface area contributed by atoms with Crippen molar-refractivity contribution in [2.45, 2.75) is 51.0 Å². The predicted octanol–water partition coefficient (Wildman–Crippen LogP) is 2.46. The molecule has 2 atom stereocenters. The maximum Gasteiger partial charge on any atom is 0.318 e. The molecule has 208 valence electrons. The molecule has 3 aromatic rings. The molecule has 1 aromatic carbocycles. The van der Waals surface area contributed by atoms with Crippen LogP contribution in [-0.2, 0) is 24.4 Å². The Balaban J connectivity index is 1.27. The van der Waals surface area contributed by atoms with E-state index in [-0.39, 0.29) is 18.4 Å². The van der Waals surface area contributed by atoms with Crippen molar-refractivity contribution in [1.29, 1.82) is 5.26 Å². The van der Waals surface area contributed by atoms with Crippen LogP contribution in [0.5, 0.6) is 6.01 Å². The smallest absolute Gasteiger partial charge is 0.318 e.